The lowest BCUT2D eigenvalue weighted by molar-refractivity contribution is -0.129. The quantitative estimate of drug-likeness (QED) is 0.666. The number of nitrogens with zero attached hydrogens (tertiary/aromatic N) is 1. The minimum Gasteiger partial charge on any atom is -0.369 e. The Morgan fingerprint density at radius 1 is 1.38 bits per heavy atom. The van der Waals surface area contributed by atoms with Crippen LogP contribution in [0, 0.1) is 12.3 Å². The van der Waals surface area contributed by atoms with E-state index in [-0.39, 0.29) is 5.91 Å². The number of hydrogen-bond acceptors (Lipinski definition) is 2. The van der Waals surface area contributed by atoms with E-state index in [0.717, 1.165) is 25.9 Å². The minimum atomic E-state index is -0.465. The van der Waals surface area contributed by atoms with Crippen LogP contribution in [0.15, 0.2) is 0 Å². The maximum absolute atomic E-state index is 11.4. The molecule has 1 aliphatic heterocycles. The molecule has 4 nitrogen and oxygen atoms in total. The fourth-order valence-corrected chi connectivity index (χ4v) is 1.34. The molecule has 0 saturated carbocycles. The normalized spacial score (nSPS) is 18.7. The first-order chi connectivity index (χ1) is 6.11. The van der Waals surface area contributed by atoms with E-state index in [2.05, 4.69) is 0 Å². The summed E-state index contributed by atoms with van der Waals surface area (Å²) in [6.07, 6.45) is 3.52. The maximum atomic E-state index is 11.4. The lowest BCUT2D eigenvalue weighted by Gasteiger charge is -2.16. The van der Waals surface area contributed by atoms with Crippen LogP contribution >= 0.6 is 0 Å². The third-order valence-electron chi connectivity index (χ3n) is 2.26. The Labute approximate surface area is 78.1 Å². The van der Waals surface area contributed by atoms with E-state index >= 15 is 0 Å². The smallest absolute Gasteiger partial charge is 0.227 e. The highest BCUT2D eigenvalue weighted by atomic mass is 16.2. The van der Waals surface area contributed by atoms with Crippen molar-refractivity contribution in [2.24, 2.45) is 11.7 Å². The van der Waals surface area contributed by atoms with Crippen molar-refractivity contribution in [3.05, 3.63) is 6.42 Å². The van der Waals surface area contributed by atoms with Crippen molar-refractivity contribution in [3.8, 4) is 0 Å². The Morgan fingerprint density at radius 2 is 1.92 bits per heavy atom. The fraction of sp³-hybridized carbons (Fsp3) is 0.667. The molecular formula is C9H15N2O2. The zero-order valence-electron chi connectivity index (χ0n) is 7.82. The molecular weight excluding hydrogens is 168 g/mol. The van der Waals surface area contributed by atoms with E-state index in [1.807, 2.05) is 0 Å². The maximum Gasteiger partial charge on any atom is 0.227 e. The number of rotatable bonds is 3. The second-order valence-electron chi connectivity index (χ2n) is 3.39. The number of hydrogen-bond donors (Lipinski definition) is 1. The molecule has 0 spiro atoms. The van der Waals surface area contributed by atoms with Gasteiger partial charge in [-0.15, -0.1) is 0 Å². The lowest BCUT2D eigenvalue weighted by atomic mass is 10.1. The van der Waals surface area contributed by atoms with Gasteiger partial charge in [0.1, 0.15) is 0 Å². The number of nitrogens with two attached hydrogens (primary N) is 1. The molecule has 1 fully saturated rings. The summed E-state index contributed by atoms with van der Waals surface area (Å²) in [6, 6.07) is 0. The van der Waals surface area contributed by atoms with Crippen LogP contribution in [0.3, 0.4) is 0 Å². The first-order valence-corrected chi connectivity index (χ1v) is 4.54. The third kappa shape index (κ3) is 2.72. The Bertz CT molecular complexity index is 210. The number of carbonyl (C=O) groups is 2. The molecule has 1 heterocycles. The molecule has 2 N–H and O–H groups in total. The summed E-state index contributed by atoms with van der Waals surface area (Å²) in [6.45, 7) is 3.25. The summed E-state index contributed by atoms with van der Waals surface area (Å²) >= 11 is 0. The zero-order chi connectivity index (χ0) is 9.84. The van der Waals surface area contributed by atoms with E-state index < -0.39 is 11.8 Å². The van der Waals surface area contributed by atoms with Crippen molar-refractivity contribution in [3.63, 3.8) is 0 Å². The standard InChI is InChI=1S/C9H15N2O2/c1-7(9(10)13)6-8(12)11-4-2-3-5-11/h6-7H,2-5H2,1H3,(H2,10,13)/t7-/m1/s1. The van der Waals surface area contributed by atoms with Crippen LogP contribution in [0.25, 0.3) is 0 Å². The highest BCUT2D eigenvalue weighted by Gasteiger charge is 2.22. The predicted molar refractivity (Wildman–Crippen MR) is 48.5 cm³/mol. The molecule has 0 aliphatic carbocycles. The van der Waals surface area contributed by atoms with Gasteiger partial charge in [-0.1, -0.05) is 6.92 Å². The summed E-state index contributed by atoms with van der Waals surface area (Å²) in [5, 5.41) is 0. The highest BCUT2D eigenvalue weighted by molar-refractivity contribution is 5.91. The molecule has 1 aliphatic rings. The van der Waals surface area contributed by atoms with Crippen molar-refractivity contribution in [1.82, 2.24) is 4.90 Å². The van der Waals surface area contributed by atoms with E-state index in [4.69, 9.17) is 5.73 Å². The van der Waals surface area contributed by atoms with Crippen LogP contribution in [0.1, 0.15) is 19.8 Å². The van der Waals surface area contributed by atoms with Gasteiger partial charge in [-0.25, -0.2) is 0 Å². The molecule has 1 atom stereocenters. The van der Waals surface area contributed by atoms with Crippen LogP contribution < -0.4 is 5.73 Å². The largest absolute Gasteiger partial charge is 0.369 e. The number of amides is 2. The number of carbonyl (C=O) groups excluding carboxylic acids is 2. The van der Waals surface area contributed by atoms with Gasteiger partial charge < -0.3 is 10.6 Å². The summed E-state index contributed by atoms with van der Waals surface area (Å²) in [7, 11) is 0. The van der Waals surface area contributed by atoms with Crippen molar-refractivity contribution in [1.29, 1.82) is 0 Å². The van der Waals surface area contributed by atoms with Crippen molar-refractivity contribution >= 4 is 11.8 Å². The van der Waals surface area contributed by atoms with Gasteiger partial charge in [0.2, 0.25) is 11.8 Å². The Balaban J connectivity index is 2.35. The Kier molecular flexibility index (Phi) is 3.28. The molecule has 0 aromatic heterocycles. The summed E-state index contributed by atoms with van der Waals surface area (Å²) in [4.78, 5) is 23.8. The van der Waals surface area contributed by atoms with Gasteiger partial charge in [-0.3, -0.25) is 9.59 Å². The number of likely N-dealkylation sites (tertiary alicyclic amines) is 1. The second kappa shape index (κ2) is 4.25. The second-order valence-corrected chi connectivity index (χ2v) is 3.39. The average Bonchev–Trinajstić information content (AvgIpc) is 2.55. The van der Waals surface area contributed by atoms with E-state index in [9.17, 15) is 9.59 Å². The van der Waals surface area contributed by atoms with Gasteiger partial charge in [0.15, 0.2) is 0 Å². The molecule has 2 amide bonds. The summed E-state index contributed by atoms with van der Waals surface area (Å²) < 4.78 is 0. The molecule has 13 heavy (non-hydrogen) atoms. The first-order valence-electron chi connectivity index (χ1n) is 4.54. The molecule has 4 heteroatoms. The molecule has 1 rings (SSSR count). The third-order valence-corrected chi connectivity index (χ3v) is 2.26. The monoisotopic (exact) mass is 183 g/mol. The van der Waals surface area contributed by atoms with Gasteiger partial charge >= 0.3 is 0 Å². The van der Waals surface area contributed by atoms with Gasteiger partial charge in [-0.05, 0) is 12.8 Å². The average molecular weight is 183 g/mol. The molecule has 0 aromatic rings. The van der Waals surface area contributed by atoms with Crippen molar-refractivity contribution in [2.75, 3.05) is 13.1 Å². The fourth-order valence-electron chi connectivity index (χ4n) is 1.34. The first kappa shape index (κ1) is 10.0. The molecule has 1 radical (unpaired) electrons. The lowest BCUT2D eigenvalue weighted by Crippen LogP contribution is -2.32. The molecule has 73 valence electrons. The zero-order valence-corrected chi connectivity index (χ0v) is 7.82. The van der Waals surface area contributed by atoms with Crippen LogP contribution in [0.5, 0.6) is 0 Å². The predicted octanol–water partition coefficient (Wildman–Crippen LogP) is -0.0655. The Hall–Kier alpha value is -1.06. The Morgan fingerprint density at radius 3 is 2.38 bits per heavy atom. The molecule has 1 saturated heterocycles. The van der Waals surface area contributed by atoms with E-state index in [0.29, 0.717) is 0 Å². The summed E-state index contributed by atoms with van der Waals surface area (Å²) in [5.41, 5.74) is 5.04. The highest BCUT2D eigenvalue weighted by Crippen LogP contribution is 2.11. The van der Waals surface area contributed by atoms with Crippen molar-refractivity contribution in [2.45, 2.75) is 19.8 Å². The SMILES string of the molecule is C[C@H]([CH]C(=O)N1CCCC1)C(N)=O. The van der Waals surface area contributed by atoms with Gasteiger partial charge in [0.05, 0.1) is 6.42 Å². The van der Waals surface area contributed by atoms with Gasteiger partial charge in [-0.2, -0.15) is 0 Å². The van der Waals surface area contributed by atoms with Crippen LogP contribution in [-0.4, -0.2) is 29.8 Å². The van der Waals surface area contributed by atoms with Crippen LogP contribution in [0.4, 0.5) is 0 Å². The van der Waals surface area contributed by atoms with Gasteiger partial charge in [0.25, 0.3) is 0 Å². The van der Waals surface area contributed by atoms with E-state index in [1.165, 1.54) is 6.42 Å². The molecule has 0 bridgehead atoms. The van der Waals surface area contributed by atoms with Gasteiger partial charge in [0, 0.05) is 19.0 Å². The van der Waals surface area contributed by atoms with Crippen molar-refractivity contribution < 1.29 is 9.59 Å². The molecule has 0 aromatic carbocycles. The van der Waals surface area contributed by atoms with Crippen LogP contribution in [-0.2, 0) is 9.59 Å². The topological polar surface area (TPSA) is 63.4 Å². The number of primary amides is 1. The minimum absolute atomic E-state index is 0.0659. The van der Waals surface area contributed by atoms with Crippen LogP contribution in [0.2, 0.25) is 0 Å². The molecule has 0 unspecified atom stereocenters. The van der Waals surface area contributed by atoms with E-state index in [1.54, 1.807) is 11.8 Å². The summed E-state index contributed by atoms with van der Waals surface area (Å²) in [5.74, 6) is -0.982.